The summed E-state index contributed by atoms with van der Waals surface area (Å²) in [6.45, 7) is -0.702. The molecule has 0 aromatic carbocycles. The number of aromatic carboxylic acids is 1. The molecule has 0 amide bonds. The van der Waals surface area contributed by atoms with Crippen molar-refractivity contribution in [2.75, 3.05) is 6.61 Å². The number of rotatable bonds is 5. The number of phosphoric ester groups is 1. The fraction of sp³-hybridized carbons (Fsp3) is 0.455. The number of aromatic nitrogens is 1. The second-order valence-corrected chi connectivity index (χ2v) is 5.83. The van der Waals surface area contributed by atoms with E-state index in [9.17, 15) is 29.6 Å². The first kappa shape index (κ1) is 20.3. The number of carbonyl (C=O) groups is 1. The third-order valence-electron chi connectivity index (χ3n) is 3.09. The van der Waals surface area contributed by atoms with Gasteiger partial charge in [-0.3, -0.25) is 4.57 Å². The van der Waals surface area contributed by atoms with Crippen molar-refractivity contribution in [3.63, 3.8) is 0 Å². The summed E-state index contributed by atoms with van der Waals surface area (Å²) in [7, 11) is -4.99. The fourth-order valence-corrected chi connectivity index (χ4v) is 2.39. The monoisotopic (exact) mass is 341 g/mol. The van der Waals surface area contributed by atoms with Crippen LogP contribution in [0.3, 0.4) is 0 Å². The molecular formula is C11H13LiNO9P. The number of carboxylic acid groups (broad SMARTS) is 1. The van der Waals surface area contributed by atoms with E-state index >= 15 is 0 Å². The average molecular weight is 341 g/mol. The summed E-state index contributed by atoms with van der Waals surface area (Å²) >= 11 is 0. The molecule has 1 aromatic rings. The SMILES string of the molecule is O=C([O-])c1ccc[n+]([C@@H]2O[C@H](COP(=O)([O-])O)[C@@H](O)[C@H]2O)c1.[Li+]. The molecule has 1 aromatic heterocycles. The van der Waals surface area contributed by atoms with Gasteiger partial charge in [0.05, 0.1) is 18.1 Å². The van der Waals surface area contributed by atoms with Crippen molar-refractivity contribution < 1.29 is 67.2 Å². The Morgan fingerprint density at radius 3 is 2.65 bits per heavy atom. The first-order valence-electron chi connectivity index (χ1n) is 6.11. The Labute approximate surface area is 142 Å². The molecule has 1 saturated heterocycles. The molecule has 2 rings (SSSR count). The molecule has 1 fully saturated rings. The standard InChI is InChI=1S/C11H14NO9P.Li/c13-8-7(5-20-22(17,18)19)21-10(9(8)14)12-3-1-2-6(4-12)11(15)16;/h1-4,7-10,13-14H,5H2,(H2-,15,16,17,18,19);/q;+1/p-1/t7-,8-,9-,10-;/m1./s1. The molecular weight excluding hydrogens is 328 g/mol. The summed E-state index contributed by atoms with van der Waals surface area (Å²) in [4.78, 5) is 29.8. The van der Waals surface area contributed by atoms with Crippen LogP contribution in [0.15, 0.2) is 24.5 Å². The summed E-state index contributed by atoms with van der Waals surface area (Å²) in [6.07, 6.45) is -2.82. The molecule has 12 heteroatoms. The van der Waals surface area contributed by atoms with Crippen LogP contribution in [0.1, 0.15) is 16.6 Å². The minimum atomic E-state index is -4.99. The van der Waals surface area contributed by atoms with E-state index in [1.54, 1.807) is 0 Å². The molecule has 10 nitrogen and oxygen atoms in total. The van der Waals surface area contributed by atoms with Gasteiger partial charge >= 0.3 is 18.9 Å². The molecule has 1 aliphatic rings. The summed E-state index contributed by atoms with van der Waals surface area (Å²) in [5.41, 5.74) is -0.174. The Bertz CT molecular complexity index is 609. The third kappa shape index (κ3) is 5.09. The Kier molecular flexibility index (Phi) is 6.91. The van der Waals surface area contributed by atoms with E-state index in [-0.39, 0.29) is 24.4 Å². The van der Waals surface area contributed by atoms with Crippen molar-refractivity contribution in [1.82, 2.24) is 0 Å². The summed E-state index contributed by atoms with van der Waals surface area (Å²) in [5, 5.41) is 30.5. The molecule has 2 heterocycles. The second-order valence-electron chi connectivity index (χ2n) is 4.64. The van der Waals surface area contributed by atoms with Crippen LogP contribution in [0.25, 0.3) is 0 Å². The molecule has 0 spiro atoms. The van der Waals surface area contributed by atoms with E-state index < -0.39 is 44.9 Å². The van der Waals surface area contributed by atoms with Gasteiger partial charge in [-0.2, -0.15) is 4.57 Å². The van der Waals surface area contributed by atoms with Crippen molar-refractivity contribution in [3.05, 3.63) is 30.1 Å². The summed E-state index contributed by atoms with van der Waals surface area (Å²) in [6, 6.07) is 2.64. The van der Waals surface area contributed by atoms with E-state index in [4.69, 9.17) is 9.63 Å². The summed E-state index contributed by atoms with van der Waals surface area (Å²) in [5.74, 6) is -1.44. The van der Waals surface area contributed by atoms with E-state index in [1.807, 2.05) is 0 Å². The number of pyridine rings is 1. The van der Waals surface area contributed by atoms with Crippen molar-refractivity contribution in [2.24, 2.45) is 0 Å². The van der Waals surface area contributed by atoms with Gasteiger partial charge in [-0.05, 0) is 6.07 Å². The van der Waals surface area contributed by atoms with Crippen LogP contribution >= 0.6 is 7.82 Å². The van der Waals surface area contributed by atoms with Crippen LogP contribution in [0, 0.1) is 0 Å². The number of phosphoric acid groups is 1. The quantitative estimate of drug-likeness (QED) is 0.268. The molecule has 122 valence electrons. The van der Waals surface area contributed by atoms with E-state index in [2.05, 4.69) is 4.52 Å². The molecule has 1 unspecified atom stereocenters. The molecule has 5 atom stereocenters. The van der Waals surface area contributed by atoms with Gasteiger partial charge in [0.25, 0.3) is 14.1 Å². The van der Waals surface area contributed by atoms with Gasteiger partial charge < -0.3 is 39.2 Å². The van der Waals surface area contributed by atoms with Crippen LogP contribution in [0.2, 0.25) is 0 Å². The molecule has 3 N–H and O–H groups in total. The van der Waals surface area contributed by atoms with Gasteiger partial charge in [0.1, 0.15) is 12.2 Å². The Morgan fingerprint density at radius 1 is 1.43 bits per heavy atom. The molecule has 0 saturated carbocycles. The van der Waals surface area contributed by atoms with Gasteiger partial charge in [-0.25, -0.2) is 0 Å². The zero-order chi connectivity index (χ0) is 16.5. The van der Waals surface area contributed by atoms with Crippen LogP contribution in [0.4, 0.5) is 0 Å². The molecule has 0 radical (unpaired) electrons. The van der Waals surface area contributed by atoms with Gasteiger partial charge in [-0.1, -0.05) is 0 Å². The first-order valence-corrected chi connectivity index (χ1v) is 7.60. The number of hydrogen-bond donors (Lipinski definition) is 3. The first-order chi connectivity index (χ1) is 10.2. The van der Waals surface area contributed by atoms with Crippen LogP contribution in [0.5, 0.6) is 0 Å². The van der Waals surface area contributed by atoms with Gasteiger partial charge in [0, 0.05) is 6.07 Å². The maximum Gasteiger partial charge on any atom is 1.00 e. The van der Waals surface area contributed by atoms with Crippen LogP contribution in [-0.2, 0) is 13.8 Å². The zero-order valence-corrected chi connectivity index (χ0v) is 12.9. The number of aliphatic hydroxyl groups is 2. The van der Waals surface area contributed by atoms with Gasteiger partial charge in [-0.15, -0.1) is 0 Å². The molecule has 0 aliphatic carbocycles. The second kappa shape index (κ2) is 7.85. The minimum Gasteiger partial charge on any atom is -0.756 e. The maximum atomic E-state index is 10.8. The number of hydrogen-bond acceptors (Lipinski definition) is 8. The van der Waals surface area contributed by atoms with Gasteiger partial charge in [0.15, 0.2) is 18.5 Å². The molecule has 0 bridgehead atoms. The van der Waals surface area contributed by atoms with Crippen molar-refractivity contribution in [3.8, 4) is 0 Å². The molecule has 1 aliphatic heterocycles. The number of aliphatic hydroxyl groups excluding tert-OH is 2. The largest absolute Gasteiger partial charge is 1.00 e. The van der Waals surface area contributed by atoms with Gasteiger partial charge in [0.2, 0.25) is 0 Å². The smallest absolute Gasteiger partial charge is 0.756 e. The number of ether oxygens (including phenoxy) is 1. The van der Waals surface area contributed by atoms with E-state index in [0.29, 0.717) is 0 Å². The van der Waals surface area contributed by atoms with Crippen LogP contribution < -0.4 is 33.4 Å². The normalized spacial score (nSPS) is 29.6. The van der Waals surface area contributed by atoms with Crippen molar-refractivity contribution in [1.29, 1.82) is 0 Å². The zero-order valence-electron chi connectivity index (χ0n) is 12.0. The fourth-order valence-electron chi connectivity index (χ4n) is 2.05. The molecule has 23 heavy (non-hydrogen) atoms. The number of carbonyl (C=O) groups excluding carboxylic acids is 1. The topological polar surface area (TPSA) is 163 Å². The Hall–Kier alpha value is -0.793. The minimum absolute atomic E-state index is 0. The van der Waals surface area contributed by atoms with E-state index in [0.717, 1.165) is 6.20 Å². The number of nitrogens with zero attached hydrogens (tertiary/aromatic N) is 1. The Balaban J connectivity index is 0.00000264. The predicted octanol–water partition coefficient (Wildman–Crippen LogP) is -6.56. The average Bonchev–Trinajstić information content (AvgIpc) is 2.72. The van der Waals surface area contributed by atoms with Crippen molar-refractivity contribution in [2.45, 2.75) is 24.5 Å². The predicted molar refractivity (Wildman–Crippen MR) is 62.7 cm³/mol. The number of carboxylic acids is 1. The maximum absolute atomic E-state index is 10.8. The van der Waals surface area contributed by atoms with Crippen molar-refractivity contribution >= 4 is 13.8 Å². The third-order valence-corrected chi connectivity index (χ3v) is 3.57. The summed E-state index contributed by atoms with van der Waals surface area (Å²) < 4.78 is 21.1. The Morgan fingerprint density at radius 2 is 2.09 bits per heavy atom. The van der Waals surface area contributed by atoms with E-state index in [1.165, 1.54) is 22.9 Å². The van der Waals surface area contributed by atoms with Crippen LogP contribution in [-0.4, -0.2) is 46.0 Å².